The molecule has 6 heteroatoms. The van der Waals surface area contributed by atoms with Gasteiger partial charge in [-0.25, -0.2) is 0 Å². The molecule has 2 amide bonds. The number of hydrogen-bond acceptors (Lipinski definition) is 3. The van der Waals surface area contributed by atoms with Crippen molar-refractivity contribution in [2.75, 3.05) is 11.4 Å². The minimum atomic E-state index is -0.0691. The van der Waals surface area contributed by atoms with E-state index in [9.17, 15) is 9.59 Å². The molecule has 1 aliphatic carbocycles. The number of anilines is 1. The summed E-state index contributed by atoms with van der Waals surface area (Å²) in [6, 6.07) is 22.9. The van der Waals surface area contributed by atoms with Crippen molar-refractivity contribution in [2.24, 2.45) is 0 Å². The number of fused-ring (bicyclic) bond motifs is 1. The lowest BCUT2D eigenvalue weighted by Gasteiger charge is -2.30. The van der Waals surface area contributed by atoms with Crippen LogP contribution in [0.25, 0.3) is 6.08 Å². The third-order valence-electron chi connectivity index (χ3n) is 6.65. The van der Waals surface area contributed by atoms with Crippen molar-refractivity contribution in [1.82, 2.24) is 5.32 Å². The minimum absolute atomic E-state index is 0.0532. The van der Waals surface area contributed by atoms with Crippen LogP contribution in [0.3, 0.4) is 0 Å². The summed E-state index contributed by atoms with van der Waals surface area (Å²) in [5.74, 6) is -0.122. The van der Waals surface area contributed by atoms with Gasteiger partial charge in [-0.2, -0.15) is 0 Å². The Balaban J connectivity index is 1.29. The topological polar surface area (TPSA) is 49.4 Å². The Kier molecular flexibility index (Phi) is 8.12. The van der Waals surface area contributed by atoms with Gasteiger partial charge in [0.15, 0.2) is 0 Å². The highest BCUT2D eigenvalue weighted by molar-refractivity contribution is 8.04. The second-order valence-electron chi connectivity index (χ2n) is 9.34. The van der Waals surface area contributed by atoms with Crippen molar-refractivity contribution in [3.8, 4) is 0 Å². The van der Waals surface area contributed by atoms with Gasteiger partial charge in [0.2, 0.25) is 0 Å². The van der Waals surface area contributed by atoms with Gasteiger partial charge in [-0.3, -0.25) is 9.59 Å². The summed E-state index contributed by atoms with van der Waals surface area (Å²) >= 11 is 7.66. The lowest BCUT2D eigenvalue weighted by atomic mass is 9.97. The molecule has 5 rings (SSSR count). The van der Waals surface area contributed by atoms with Crippen LogP contribution in [-0.4, -0.2) is 18.4 Å². The van der Waals surface area contributed by atoms with E-state index in [1.165, 1.54) is 30.2 Å². The van der Waals surface area contributed by atoms with Crippen LogP contribution in [0.4, 0.5) is 5.69 Å². The van der Waals surface area contributed by atoms with Gasteiger partial charge < -0.3 is 10.2 Å². The van der Waals surface area contributed by atoms with E-state index >= 15 is 0 Å². The summed E-state index contributed by atoms with van der Waals surface area (Å²) < 4.78 is 0. The molecule has 1 N–H and O–H groups in total. The third kappa shape index (κ3) is 6.35. The molecule has 1 heterocycles. The quantitative estimate of drug-likeness (QED) is 0.253. The summed E-state index contributed by atoms with van der Waals surface area (Å²) in [7, 11) is 0. The summed E-state index contributed by atoms with van der Waals surface area (Å²) in [5.41, 5.74) is 4.81. The highest BCUT2D eigenvalue weighted by Crippen LogP contribution is 2.42. The zero-order valence-corrected chi connectivity index (χ0v) is 22.2. The third-order valence-corrected chi connectivity index (χ3v) is 7.96. The molecule has 4 nitrogen and oxygen atoms in total. The zero-order valence-electron chi connectivity index (χ0n) is 20.6. The molecule has 0 fully saturated rings. The first-order chi connectivity index (χ1) is 18.1. The lowest BCUT2D eigenvalue weighted by molar-refractivity contribution is -0.114. The van der Waals surface area contributed by atoms with Gasteiger partial charge >= 0.3 is 0 Å². The van der Waals surface area contributed by atoms with Gasteiger partial charge in [0.25, 0.3) is 11.8 Å². The van der Waals surface area contributed by atoms with E-state index in [2.05, 4.69) is 11.4 Å². The van der Waals surface area contributed by atoms with Crippen LogP contribution in [-0.2, 0) is 11.3 Å². The number of carbonyl (C=O) groups excluding carboxylic acids is 2. The first-order valence-electron chi connectivity index (χ1n) is 12.7. The van der Waals surface area contributed by atoms with Crippen LogP contribution in [0, 0.1) is 0 Å². The monoisotopic (exact) mass is 528 g/mol. The van der Waals surface area contributed by atoms with Gasteiger partial charge in [0.05, 0.1) is 17.1 Å². The first-order valence-corrected chi connectivity index (χ1v) is 13.9. The van der Waals surface area contributed by atoms with Gasteiger partial charge in [0, 0.05) is 22.0 Å². The highest BCUT2D eigenvalue weighted by atomic mass is 35.5. The van der Waals surface area contributed by atoms with E-state index in [0.717, 1.165) is 41.0 Å². The van der Waals surface area contributed by atoms with Gasteiger partial charge in [-0.15, -0.1) is 0 Å². The molecule has 3 aromatic rings. The van der Waals surface area contributed by atoms with Crippen molar-refractivity contribution < 1.29 is 9.59 Å². The number of carbonyl (C=O) groups is 2. The molecule has 0 saturated heterocycles. The number of nitrogens with zero attached hydrogens (tertiary/aromatic N) is 1. The number of para-hydroxylation sites is 1. The molecule has 37 heavy (non-hydrogen) atoms. The molecule has 0 aromatic heterocycles. The Hall–Kier alpha value is -3.28. The molecular weight excluding hydrogens is 500 g/mol. The molecule has 0 saturated carbocycles. The maximum atomic E-state index is 13.5. The maximum Gasteiger partial charge on any atom is 0.265 e. The molecule has 3 aromatic carbocycles. The summed E-state index contributed by atoms with van der Waals surface area (Å²) in [6.45, 7) is 1.09. The second-order valence-corrected chi connectivity index (χ2v) is 10.9. The van der Waals surface area contributed by atoms with E-state index in [-0.39, 0.29) is 11.8 Å². The fourth-order valence-corrected chi connectivity index (χ4v) is 5.96. The zero-order chi connectivity index (χ0) is 25.6. The standard InChI is InChI=1S/C31H29ClN2O2S/c32-26-10-6-9-24(19-26)21-34-27-11-4-5-12-28(27)37-29(31(34)36)20-23-13-15-25(16-14-23)30(35)33-18-17-22-7-2-1-3-8-22/h4-7,9-16,19-20H,1-3,8,17-18,21H2,(H,33,35). The number of nitrogens with one attached hydrogen (secondary N) is 1. The lowest BCUT2D eigenvalue weighted by Crippen LogP contribution is -2.33. The van der Waals surface area contributed by atoms with Crippen molar-refractivity contribution in [2.45, 2.75) is 43.5 Å². The van der Waals surface area contributed by atoms with Crippen molar-refractivity contribution in [3.05, 3.63) is 111 Å². The number of hydrogen-bond donors (Lipinski definition) is 1. The molecule has 0 atom stereocenters. The Morgan fingerprint density at radius 3 is 2.65 bits per heavy atom. The number of halogens is 1. The van der Waals surface area contributed by atoms with E-state index in [4.69, 9.17) is 11.6 Å². The van der Waals surface area contributed by atoms with Crippen LogP contribution >= 0.6 is 23.4 Å². The second kappa shape index (κ2) is 11.8. The molecule has 0 spiro atoms. The van der Waals surface area contributed by atoms with Crippen LogP contribution < -0.4 is 10.2 Å². The Morgan fingerprint density at radius 1 is 1.03 bits per heavy atom. The average molecular weight is 529 g/mol. The molecule has 0 bridgehead atoms. The van der Waals surface area contributed by atoms with Crippen LogP contribution in [0.1, 0.15) is 53.6 Å². The van der Waals surface area contributed by atoms with Crippen molar-refractivity contribution in [3.63, 3.8) is 0 Å². The summed E-state index contributed by atoms with van der Waals surface area (Å²) in [4.78, 5) is 29.6. The predicted octanol–water partition coefficient (Wildman–Crippen LogP) is 7.64. The molecular formula is C31H29ClN2O2S. The Labute approximate surface area is 227 Å². The first kappa shape index (κ1) is 25.4. The average Bonchev–Trinajstić information content (AvgIpc) is 2.92. The van der Waals surface area contributed by atoms with E-state index in [1.807, 2.05) is 78.9 Å². The fraction of sp³-hybridized carbons (Fsp3) is 0.226. The van der Waals surface area contributed by atoms with E-state index in [0.29, 0.717) is 28.6 Å². The normalized spacial score (nSPS) is 16.4. The fourth-order valence-electron chi connectivity index (χ4n) is 4.69. The molecule has 1 aliphatic heterocycles. The molecule has 0 radical (unpaired) electrons. The number of thioether (sulfide) groups is 1. The molecule has 188 valence electrons. The number of amides is 2. The van der Waals surface area contributed by atoms with Crippen LogP contribution in [0.5, 0.6) is 0 Å². The Bertz CT molecular complexity index is 1360. The van der Waals surface area contributed by atoms with Gasteiger partial charge in [0.1, 0.15) is 0 Å². The van der Waals surface area contributed by atoms with Crippen LogP contribution in [0.2, 0.25) is 5.02 Å². The number of benzene rings is 3. The molecule has 0 unspecified atom stereocenters. The number of rotatable bonds is 7. The van der Waals surface area contributed by atoms with E-state index in [1.54, 1.807) is 4.90 Å². The SMILES string of the molecule is O=C(NCCC1=CCCCC1)c1ccc(C=C2Sc3ccccc3N(Cc3cccc(Cl)c3)C2=O)cc1. The maximum absolute atomic E-state index is 13.5. The smallest absolute Gasteiger partial charge is 0.265 e. The van der Waals surface area contributed by atoms with Crippen molar-refractivity contribution in [1.29, 1.82) is 0 Å². The van der Waals surface area contributed by atoms with Gasteiger partial charge in [-0.1, -0.05) is 71.4 Å². The predicted molar refractivity (Wildman–Crippen MR) is 153 cm³/mol. The van der Waals surface area contributed by atoms with E-state index < -0.39 is 0 Å². The highest BCUT2D eigenvalue weighted by Gasteiger charge is 2.29. The Morgan fingerprint density at radius 2 is 1.86 bits per heavy atom. The summed E-state index contributed by atoms with van der Waals surface area (Å²) in [5, 5.41) is 3.68. The van der Waals surface area contributed by atoms with Gasteiger partial charge in [-0.05, 0) is 85.7 Å². The number of allylic oxidation sites excluding steroid dienone is 1. The minimum Gasteiger partial charge on any atom is -0.352 e. The van der Waals surface area contributed by atoms with Crippen LogP contribution in [0.15, 0.2) is 94.2 Å². The molecule has 2 aliphatic rings. The largest absolute Gasteiger partial charge is 0.352 e. The summed E-state index contributed by atoms with van der Waals surface area (Å²) in [6.07, 6.45) is 9.96. The van der Waals surface area contributed by atoms with Crippen molar-refractivity contribution >= 4 is 46.9 Å².